The molecule has 1 unspecified atom stereocenters. The average Bonchev–Trinajstić information content (AvgIpc) is 3.19. The van der Waals surface area contributed by atoms with Crippen LogP contribution in [0.25, 0.3) is 0 Å². The highest BCUT2D eigenvalue weighted by Crippen LogP contribution is 2.22. The molecule has 1 saturated heterocycles. The zero-order valence-electron chi connectivity index (χ0n) is 16.5. The van der Waals surface area contributed by atoms with Gasteiger partial charge in [0, 0.05) is 45.1 Å². The van der Waals surface area contributed by atoms with Crippen molar-refractivity contribution in [3.63, 3.8) is 0 Å². The second-order valence-corrected chi connectivity index (χ2v) is 7.91. The van der Waals surface area contributed by atoms with Crippen LogP contribution in [0.1, 0.15) is 24.3 Å². The van der Waals surface area contributed by atoms with Crippen molar-refractivity contribution >= 4 is 17.6 Å². The average molecular weight is 381 g/mol. The van der Waals surface area contributed by atoms with Crippen LogP contribution in [0.15, 0.2) is 42.7 Å². The summed E-state index contributed by atoms with van der Waals surface area (Å²) in [5.41, 5.74) is 0.671. The zero-order valence-corrected chi connectivity index (χ0v) is 16.5. The molecular weight excluding hydrogens is 354 g/mol. The lowest BCUT2D eigenvalue weighted by atomic mass is 10.1. The zero-order chi connectivity index (χ0) is 19.7. The third-order valence-electron chi connectivity index (χ3n) is 5.47. The van der Waals surface area contributed by atoms with E-state index in [1.165, 1.54) is 0 Å². The van der Waals surface area contributed by atoms with Crippen molar-refractivity contribution in [3.05, 3.63) is 48.4 Å². The fraction of sp³-hybridized carbons (Fsp3) is 0.476. The predicted molar refractivity (Wildman–Crippen MR) is 107 cm³/mol. The molecule has 0 aromatic carbocycles. The molecule has 2 aliphatic rings. The van der Waals surface area contributed by atoms with E-state index in [0.717, 1.165) is 18.9 Å². The van der Waals surface area contributed by atoms with Crippen molar-refractivity contribution in [1.29, 1.82) is 0 Å². The van der Waals surface area contributed by atoms with Crippen LogP contribution in [0.2, 0.25) is 0 Å². The summed E-state index contributed by atoms with van der Waals surface area (Å²) in [5, 5.41) is 0. The Bertz CT molecular complexity index is 839. The Balaban J connectivity index is 1.48. The number of hydrogen-bond donors (Lipinski definition) is 0. The van der Waals surface area contributed by atoms with Crippen molar-refractivity contribution in [1.82, 2.24) is 19.4 Å². The first-order chi connectivity index (χ1) is 13.5. The topological polar surface area (TPSA) is 61.7 Å². The number of hydrogen-bond acceptors (Lipinski definition) is 4. The molecule has 0 radical (unpaired) electrons. The molecule has 7 nitrogen and oxygen atoms in total. The van der Waals surface area contributed by atoms with E-state index >= 15 is 0 Å². The van der Waals surface area contributed by atoms with Gasteiger partial charge in [-0.25, -0.2) is 4.98 Å². The SMILES string of the molecule is CC(C)CN1C(=O)c2cccn2CC1C(=O)N1CCN(c2ccccn2)CC1. The molecule has 2 amide bonds. The van der Waals surface area contributed by atoms with E-state index in [1.807, 2.05) is 46.0 Å². The highest BCUT2D eigenvalue weighted by molar-refractivity contribution is 5.97. The van der Waals surface area contributed by atoms with E-state index in [1.54, 1.807) is 11.1 Å². The minimum atomic E-state index is -0.434. The number of aromatic nitrogens is 2. The molecule has 148 valence electrons. The highest BCUT2D eigenvalue weighted by Gasteiger charge is 2.39. The smallest absolute Gasteiger partial charge is 0.271 e. The van der Waals surface area contributed by atoms with E-state index < -0.39 is 6.04 Å². The van der Waals surface area contributed by atoms with Gasteiger partial charge in [-0.3, -0.25) is 9.59 Å². The first-order valence-corrected chi connectivity index (χ1v) is 9.95. The van der Waals surface area contributed by atoms with Crippen LogP contribution >= 0.6 is 0 Å². The summed E-state index contributed by atoms with van der Waals surface area (Å²) in [5.74, 6) is 1.26. The van der Waals surface area contributed by atoms with E-state index in [9.17, 15) is 9.59 Å². The summed E-state index contributed by atoms with van der Waals surface area (Å²) < 4.78 is 1.91. The maximum atomic E-state index is 13.4. The van der Waals surface area contributed by atoms with Crippen LogP contribution < -0.4 is 4.90 Å². The fourth-order valence-corrected chi connectivity index (χ4v) is 4.06. The second kappa shape index (κ2) is 7.66. The Labute approximate surface area is 165 Å². The Hall–Kier alpha value is -2.83. The highest BCUT2D eigenvalue weighted by atomic mass is 16.2. The first-order valence-electron chi connectivity index (χ1n) is 9.95. The van der Waals surface area contributed by atoms with Crippen LogP contribution in [-0.2, 0) is 11.3 Å². The number of carbonyl (C=O) groups is 2. The quantitative estimate of drug-likeness (QED) is 0.809. The number of amides is 2. The largest absolute Gasteiger partial charge is 0.353 e. The van der Waals surface area contributed by atoms with Crippen molar-refractivity contribution in [2.75, 3.05) is 37.6 Å². The van der Waals surface area contributed by atoms with Crippen LogP contribution in [0, 0.1) is 5.92 Å². The van der Waals surface area contributed by atoms with Crippen molar-refractivity contribution < 1.29 is 9.59 Å². The van der Waals surface area contributed by atoms with Gasteiger partial charge in [0.15, 0.2) is 0 Å². The molecule has 7 heteroatoms. The van der Waals surface area contributed by atoms with E-state index in [0.29, 0.717) is 37.8 Å². The Morgan fingerprint density at radius 3 is 2.61 bits per heavy atom. The van der Waals surface area contributed by atoms with Gasteiger partial charge in [0.25, 0.3) is 5.91 Å². The summed E-state index contributed by atoms with van der Waals surface area (Å²) in [6.07, 6.45) is 3.68. The van der Waals surface area contributed by atoms with Gasteiger partial charge in [-0.05, 0) is 30.2 Å². The van der Waals surface area contributed by atoms with Crippen molar-refractivity contribution in [2.45, 2.75) is 26.4 Å². The molecule has 4 rings (SSSR count). The van der Waals surface area contributed by atoms with Crippen LogP contribution in [0.5, 0.6) is 0 Å². The molecule has 28 heavy (non-hydrogen) atoms. The molecule has 0 N–H and O–H groups in total. The number of anilines is 1. The van der Waals surface area contributed by atoms with Crippen molar-refractivity contribution in [2.24, 2.45) is 5.92 Å². The number of piperazine rings is 1. The Morgan fingerprint density at radius 1 is 1.14 bits per heavy atom. The summed E-state index contributed by atoms with van der Waals surface area (Å²) in [6.45, 7) is 8.07. The van der Waals surface area contributed by atoms with Crippen LogP contribution in [0.4, 0.5) is 5.82 Å². The molecule has 0 aliphatic carbocycles. The lowest BCUT2D eigenvalue weighted by Gasteiger charge is -2.41. The normalized spacial score (nSPS) is 19.9. The molecule has 1 fully saturated rings. The third kappa shape index (κ3) is 3.48. The third-order valence-corrected chi connectivity index (χ3v) is 5.47. The molecule has 0 spiro atoms. The maximum absolute atomic E-state index is 13.4. The number of nitrogens with zero attached hydrogens (tertiary/aromatic N) is 5. The van der Waals surface area contributed by atoms with E-state index in [4.69, 9.17) is 0 Å². The van der Waals surface area contributed by atoms with Gasteiger partial charge in [0.1, 0.15) is 17.6 Å². The number of pyridine rings is 1. The predicted octanol–water partition coefficient (Wildman–Crippen LogP) is 1.71. The summed E-state index contributed by atoms with van der Waals surface area (Å²) in [6, 6.07) is 9.15. The van der Waals surface area contributed by atoms with Gasteiger partial charge in [0.05, 0.1) is 6.54 Å². The van der Waals surface area contributed by atoms with Gasteiger partial charge in [-0.2, -0.15) is 0 Å². The standard InChI is InChI=1S/C21H27N5O2/c1-16(2)14-26-18(15-25-9-5-6-17(25)21(26)28)20(27)24-12-10-23(11-13-24)19-7-3-4-8-22-19/h3-9,16,18H,10-15H2,1-2H3. The molecule has 2 aliphatic heterocycles. The molecule has 2 aromatic rings. The van der Waals surface area contributed by atoms with E-state index in [-0.39, 0.29) is 11.8 Å². The molecule has 0 bridgehead atoms. The minimum Gasteiger partial charge on any atom is -0.353 e. The summed E-state index contributed by atoms with van der Waals surface area (Å²) in [4.78, 5) is 36.6. The minimum absolute atomic E-state index is 0.0459. The van der Waals surface area contributed by atoms with Gasteiger partial charge >= 0.3 is 0 Å². The van der Waals surface area contributed by atoms with Crippen molar-refractivity contribution in [3.8, 4) is 0 Å². The molecule has 4 heterocycles. The number of fused-ring (bicyclic) bond motifs is 1. The second-order valence-electron chi connectivity index (χ2n) is 7.91. The number of rotatable bonds is 4. The molecule has 2 aromatic heterocycles. The van der Waals surface area contributed by atoms with Crippen LogP contribution in [-0.4, -0.2) is 69.9 Å². The number of carbonyl (C=O) groups excluding carboxylic acids is 2. The fourth-order valence-electron chi connectivity index (χ4n) is 4.06. The summed E-state index contributed by atoms with van der Waals surface area (Å²) in [7, 11) is 0. The lowest BCUT2D eigenvalue weighted by Crippen LogP contribution is -2.59. The molecular formula is C21H27N5O2. The summed E-state index contributed by atoms with van der Waals surface area (Å²) >= 11 is 0. The maximum Gasteiger partial charge on any atom is 0.271 e. The Morgan fingerprint density at radius 2 is 1.93 bits per heavy atom. The monoisotopic (exact) mass is 381 g/mol. The van der Waals surface area contributed by atoms with Gasteiger partial charge in [-0.15, -0.1) is 0 Å². The van der Waals surface area contributed by atoms with Gasteiger partial charge in [0.2, 0.25) is 5.91 Å². The van der Waals surface area contributed by atoms with Gasteiger partial charge in [-0.1, -0.05) is 19.9 Å². The Kier molecular flexibility index (Phi) is 5.07. The molecule has 1 atom stereocenters. The van der Waals surface area contributed by atoms with Crippen LogP contribution in [0.3, 0.4) is 0 Å². The van der Waals surface area contributed by atoms with E-state index in [2.05, 4.69) is 23.7 Å². The van der Waals surface area contributed by atoms with Gasteiger partial charge < -0.3 is 19.3 Å². The first kappa shape index (κ1) is 18.5. The lowest BCUT2D eigenvalue weighted by molar-refractivity contribution is -0.137. The molecule has 0 saturated carbocycles.